The molecule has 6 aromatic rings. The summed E-state index contributed by atoms with van der Waals surface area (Å²) >= 11 is 0. The molecule has 0 aliphatic carbocycles. The summed E-state index contributed by atoms with van der Waals surface area (Å²) in [4.78, 5) is 0. The Morgan fingerprint density at radius 2 is 0.526 bits per heavy atom. The van der Waals surface area contributed by atoms with E-state index >= 15 is 9.13 Å². The molecule has 0 N–H and O–H groups in total. The summed E-state index contributed by atoms with van der Waals surface area (Å²) in [6, 6.07) is 48.3. The lowest BCUT2D eigenvalue weighted by Gasteiger charge is -2.51. The summed E-state index contributed by atoms with van der Waals surface area (Å²) in [5, 5.41) is -2.59. The van der Waals surface area contributed by atoms with Crippen molar-refractivity contribution in [3.05, 3.63) is 212 Å². The Kier molecular flexibility index (Phi) is 10.4. The second-order valence-electron chi connectivity index (χ2n) is 15.9. The average Bonchev–Trinajstić information content (AvgIpc) is 3.21. The lowest BCUT2D eigenvalue weighted by molar-refractivity contribution is -0.0729. The molecule has 6 nitrogen and oxygen atoms in total. The maximum absolute atomic E-state index is 16.1. The maximum Gasteiger partial charge on any atom is 0.350 e. The van der Waals surface area contributed by atoms with Crippen molar-refractivity contribution >= 4 is 15.2 Å². The molecular formula is C49H50O6P2. The molecule has 0 amide bonds. The summed E-state index contributed by atoms with van der Waals surface area (Å²) in [5.74, 6) is 0. The molecule has 1 spiro atoms. The highest BCUT2D eigenvalue weighted by molar-refractivity contribution is 7.56. The monoisotopic (exact) mass is 796 g/mol. The van der Waals surface area contributed by atoms with E-state index in [0.29, 0.717) is 0 Å². The zero-order valence-corrected chi connectivity index (χ0v) is 35.3. The van der Waals surface area contributed by atoms with Gasteiger partial charge in [-0.25, -0.2) is 0 Å². The molecule has 57 heavy (non-hydrogen) atoms. The van der Waals surface area contributed by atoms with Crippen LogP contribution in [0.2, 0.25) is 0 Å². The lowest BCUT2D eigenvalue weighted by atomic mass is 9.78. The van der Waals surface area contributed by atoms with Crippen LogP contribution in [-0.4, -0.2) is 26.4 Å². The van der Waals surface area contributed by atoms with Crippen molar-refractivity contribution in [2.45, 2.75) is 51.9 Å². The van der Waals surface area contributed by atoms with Crippen molar-refractivity contribution < 1.29 is 27.2 Å². The van der Waals surface area contributed by atoms with Crippen molar-refractivity contribution in [2.75, 3.05) is 26.4 Å². The molecule has 2 saturated heterocycles. The Balaban J connectivity index is 1.23. The van der Waals surface area contributed by atoms with Crippen molar-refractivity contribution in [1.29, 1.82) is 0 Å². The summed E-state index contributed by atoms with van der Waals surface area (Å²) < 4.78 is 59.4. The summed E-state index contributed by atoms with van der Waals surface area (Å²) in [6.07, 6.45) is 0. The Bertz CT molecular complexity index is 2130. The molecule has 0 saturated carbocycles. The van der Waals surface area contributed by atoms with Gasteiger partial charge in [0.05, 0.1) is 31.8 Å². The van der Waals surface area contributed by atoms with Gasteiger partial charge in [-0.15, -0.1) is 0 Å². The maximum atomic E-state index is 16.1. The zero-order valence-electron chi connectivity index (χ0n) is 33.5. The largest absolute Gasteiger partial charge is 0.350 e. The number of hydrogen-bond acceptors (Lipinski definition) is 6. The van der Waals surface area contributed by atoms with E-state index in [4.69, 9.17) is 18.1 Å². The van der Waals surface area contributed by atoms with E-state index in [1.54, 1.807) is 0 Å². The highest BCUT2D eigenvalue weighted by Crippen LogP contribution is 2.77. The van der Waals surface area contributed by atoms with E-state index in [2.05, 4.69) is 0 Å². The fourth-order valence-corrected chi connectivity index (χ4v) is 15.2. The minimum atomic E-state index is -4.10. The van der Waals surface area contributed by atoms with E-state index in [1.165, 1.54) is 0 Å². The molecule has 0 aromatic heterocycles. The fourth-order valence-electron chi connectivity index (χ4n) is 9.23. The number of hydrogen-bond donors (Lipinski definition) is 0. The van der Waals surface area contributed by atoms with E-state index in [-0.39, 0.29) is 26.4 Å². The van der Waals surface area contributed by atoms with E-state index in [0.717, 1.165) is 66.8 Å². The van der Waals surface area contributed by atoms with E-state index in [1.807, 2.05) is 187 Å². The summed E-state index contributed by atoms with van der Waals surface area (Å²) in [5.41, 5.74) is 10.1. The molecule has 0 radical (unpaired) electrons. The van der Waals surface area contributed by atoms with Crippen molar-refractivity contribution in [3.63, 3.8) is 0 Å². The van der Waals surface area contributed by atoms with Gasteiger partial charge in [0.25, 0.3) is 0 Å². The molecule has 8 rings (SSSR count). The van der Waals surface area contributed by atoms with Crippen molar-refractivity contribution in [1.82, 2.24) is 0 Å². The van der Waals surface area contributed by atoms with Crippen LogP contribution in [-0.2, 0) is 37.5 Å². The van der Waals surface area contributed by atoms with Crippen LogP contribution in [0.25, 0.3) is 0 Å². The Morgan fingerprint density at radius 1 is 0.351 bits per heavy atom. The third-order valence-electron chi connectivity index (χ3n) is 12.2. The Labute approximate surface area is 337 Å². The highest BCUT2D eigenvalue weighted by atomic mass is 31.2. The van der Waals surface area contributed by atoms with E-state index < -0.39 is 30.9 Å². The molecule has 8 heteroatoms. The molecule has 0 unspecified atom stereocenters. The number of rotatable bonds is 8. The first kappa shape index (κ1) is 39.4. The standard InChI is InChI=1S/C49H50O6P2/c1-35-19-7-13-25-41(35)48(42-26-14-8-20-36(42)2,43-27-15-9-21-37(43)3)56(50)52-31-47(32-53-56)33-54-57(51,55-34-47)49(44-28-16-10-22-38(44)4,45-29-17-11-23-39(45)5)46-30-18-12-24-40(46)6/h7-30H,31-34H2,1-6H3. The normalized spacial score (nSPS) is 22.7. The molecule has 2 aliphatic rings. The summed E-state index contributed by atoms with van der Waals surface area (Å²) in [6.45, 7) is 12.3. The average molecular weight is 797 g/mol. The predicted octanol–water partition coefficient (Wildman–Crippen LogP) is 12.3. The van der Waals surface area contributed by atoms with Gasteiger partial charge in [0, 0.05) is 0 Å². The van der Waals surface area contributed by atoms with Crippen LogP contribution >= 0.6 is 15.2 Å². The molecule has 292 valence electrons. The van der Waals surface area contributed by atoms with Gasteiger partial charge in [-0.2, -0.15) is 0 Å². The first-order valence-electron chi connectivity index (χ1n) is 19.6. The Hall–Kier alpha value is -4.38. The fraction of sp³-hybridized carbons (Fsp3) is 0.265. The van der Waals surface area contributed by atoms with Crippen LogP contribution in [0.5, 0.6) is 0 Å². The van der Waals surface area contributed by atoms with Crippen LogP contribution in [0.3, 0.4) is 0 Å². The smallest absolute Gasteiger partial charge is 0.307 e. The van der Waals surface area contributed by atoms with Crippen LogP contribution in [0, 0.1) is 47.0 Å². The molecule has 0 atom stereocenters. The van der Waals surface area contributed by atoms with Crippen LogP contribution in [0.15, 0.2) is 146 Å². The third-order valence-corrected chi connectivity index (χ3v) is 17.2. The highest BCUT2D eigenvalue weighted by Gasteiger charge is 2.64. The van der Waals surface area contributed by atoms with Gasteiger partial charge < -0.3 is 18.1 Å². The SMILES string of the molecule is Cc1ccccc1C(c1ccccc1C)(c1ccccc1C)P1(=O)OCC2(CO1)COP(=O)(C(c1ccccc1C)(c1ccccc1C)c1ccccc1C)OC2. The quantitative estimate of drug-likeness (QED) is 0.113. The molecule has 2 heterocycles. The first-order chi connectivity index (χ1) is 27.4. The second-order valence-corrected chi connectivity index (χ2v) is 20.3. The van der Waals surface area contributed by atoms with Gasteiger partial charge in [0.2, 0.25) is 0 Å². The van der Waals surface area contributed by atoms with Gasteiger partial charge in [-0.3, -0.25) is 9.13 Å². The Morgan fingerprint density at radius 3 is 0.702 bits per heavy atom. The minimum Gasteiger partial charge on any atom is -0.307 e. The second kappa shape index (κ2) is 15.1. The third kappa shape index (κ3) is 6.16. The van der Waals surface area contributed by atoms with Gasteiger partial charge >= 0.3 is 15.2 Å². The molecule has 0 bridgehead atoms. The van der Waals surface area contributed by atoms with Gasteiger partial charge in [0.1, 0.15) is 10.3 Å². The van der Waals surface area contributed by atoms with Gasteiger partial charge in [-0.1, -0.05) is 146 Å². The zero-order chi connectivity index (χ0) is 40.1. The van der Waals surface area contributed by atoms with Crippen molar-refractivity contribution in [3.8, 4) is 0 Å². The summed E-state index contributed by atoms with van der Waals surface area (Å²) in [7, 11) is -8.20. The molecule has 6 aromatic carbocycles. The van der Waals surface area contributed by atoms with Crippen molar-refractivity contribution in [2.24, 2.45) is 5.41 Å². The molecule has 2 aliphatic heterocycles. The van der Waals surface area contributed by atoms with E-state index in [9.17, 15) is 0 Å². The van der Waals surface area contributed by atoms with Crippen LogP contribution < -0.4 is 0 Å². The van der Waals surface area contributed by atoms with Gasteiger partial charge in [0.15, 0.2) is 0 Å². The minimum absolute atomic E-state index is 0.0156. The molecule has 2 fully saturated rings. The van der Waals surface area contributed by atoms with Crippen LogP contribution in [0.4, 0.5) is 0 Å². The molecular weight excluding hydrogens is 746 g/mol. The van der Waals surface area contributed by atoms with Gasteiger partial charge in [-0.05, 0) is 108 Å². The van der Waals surface area contributed by atoms with Crippen LogP contribution in [0.1, 0.15) is 66.8 Å². The lowest BCUT2D eigenvalue weighted by Crippen LogP contribution is -2.49. The number of benzene rings is 6. The first-order valence-corrected chi connectivity index (χ1v) is 22.7. The topological polar surface area (TPSA) is 71.1 Å². The predicted molar refractivity (Wildman–Crippen MR) is 228 cm³/mol. The number of aryl methyl sites for hydroxylation is 6.